The second kappa shape index (κ2) is 4.38. The highest BCUT2D eigenvalue weighted by atomic mass is 32.2. The molecule has 0 radical (unpaired) electrons. The van der Waals surface area contributed by atoms with Crippen LogP contribution in [0.15, 0.2) is 4.21 Å². The van der Waals surface area contributed by atoms with E-state index in [1.54, 1.807) is 11.8 Å². The van der Waals surface area contributed by atoms with Crippen molar-refractivity contribution >= 4 is 23.1 Å². The molecule has 0 fully saturated rings. The van der Waals surface area contributed by atoms with Crippen LogP contribution in [0.3, 0.4) is 0 Å². The maximum absolute atomic E-state index is 9.07. The predicted molar refractivity (Wildman–Crippen MR) is 63.3 cm³/mol. The molecule has 0 amide bonds. The van der Waals surface area contributed by atoms with Crippen LogP contribution in [0.4, 0.5) is 0 Å². The molecule has 78 valence electrons. The number of nitrogens with one attached hydrogen (secondary N) is 1. The zero-order valence-corrected chi connectivity index (χ0v) is 10.2. The van der Waals surface area contributed by atoms with E-state index in [0.29, 0.717) is 10.2 Å². The van der Waals surface area contributed by atoms with E-state index < -0.39 is 0 Å². The number of nitriles is 1. The van der Waals surface area contributed by atoms with Crippen LogP contribution in [0, 0.1) is 16.7 Å². The van der Waals surface area contributed by atoms with Crippen molar-refractivity contribution in [2.24, 2.45) is 0 Å². The molecule has 0 bridgehead atoms. The molecule has 4 heteroatoms. The molecule has 2 rings (SSSR count). The zero-order valence-electron chi connectivity index (χ0n) is 8.59. The van der Waals surface area contributed by atoms with E-state index in [1.807, 2.05) is 6.26 Å². The van der Waals surface area contributed by atoms with Gasteiger partial charge in [0.25, 0.3) is 0 Å². The molecule has 1 aromatic heterocycles. The van der Waals surface area contributed by atoms with Gasteiger partial charge in [0.2, 0.25) is 0 Å². The molecule has 15 heavy (non-hydrogen) atoms. The first-order valence-corrected chi connectivity index (χ1v) is 6.99. The Morgan fingerprint density at radius 2 is 2.00 bits per heavy atom. The fraction of sp³-hybridized carbons (Fsp3) is 0.455. The van der Waals surface area contributed by atoms with Crippen LogP contribution in [-0.2, 0) is 12.8 Å². The van der Waals surface area contributed by atoms with Crippen molar-refractivity contribution in [2.75, 3.05) is 6.26 Å². The summed E-state index contributed by atoms with van der Waals surface area (Å²) < 4.78 is 1.66. The SMILES string of the molecule is CSc1sc(=N)c(C#N)c2c1CCCC2. The van der Waals surface area contributed by atoms with Gasteiger partial charge in [0.15, 0.2) is 0 Å². The molecule has 1 N–H and O–H groups in total. The Hall–Kier alpha value is -0.790. The van der Waals surface area contributed by atoms with E-state index in [9.17, 15) is 0 Å². The molecule has 0 aliphatic heterocycles. The Balaban J connectivity index is 2.72. The maximum Gasteiger partial charge on any atom is 0.126 e. The van der Waals surface area contributed by atoms with Gasteiger partial charge < -0.3 is 0 Å². The Morgan fingerprint density at radius 3 is 2.60 bits per heavy atom. The number of thioether (sulfide) groups is 1. The van der Waals surface area contributed by atoms with Crippen molar-refractivity contribution in [3.63, 3.8) is 0 Å². The number of hydrogen-bond donors (Lipinski definition) is 1. The largest absolute Gasteiger partial charge is 0.289 e. The summed E-state index contributed by atoms with van der Waals surface area (Å²) in [6, 6.07) is 2.19. The lowest BCUT2D eigenvalue weighted by atomic mass is 9.91. The number of rotatable bonds is 1. The van der Waals surface area contributed by atoms with E-state index in [4.69, 9.17) is 10.7 Å². The van der Waals surface area contributed by atoms with Crippen molar-refractivity contribution in [2.45, 2.75) is 29.9 Å². The molecule has 0 saturated carbocycles. The van der Waals surface area contributed by atoms with E-state index in [0.717, 1.165) is 24.8 Å². The molecular weight excluding hydrogens is 224 g/mol. The van der Waals surface area contributed by atoms with Crippen LogP contribution < -0.4 is 4.67 Å². The summed E-state index contributed by atoms with van der Waals surface area (Å²) >= 11 is 3.16. The van der Waals surface area contributed by atoms with Gasteiger partial charge in [-0.3, -0.25) is 5.41 Å². The van der Waals surface area contributed by atoms with E-state index in [1.165, 1.54) is 27.5 Å². The Labute approximate surface area is 97.5 Å². The fourth-order valence-electron chi connectivity index (χ4n) is 2.03. The minimum Gasteiger partial charge on any atom is -0.289 e. The minimum atomic E-state index is 0.433. The van der Waals surface area contributed by atoms with Crippen molar-refractivity contribution in [1.29, 1.82) is 10.7 Å². The lowest BCUT2D eigenvalue weighted by Crippen LogP contribution is -2.13. The second-order valence-electron chi connectivity index (χ2n) is 3.57. The molecule has 0 unspecified atom stereocenters. The van der Waals surface area contributed by atoms with Crippen LogP contribution in [-0.4, -0.2) is 6.26 Å². The Bertz CT molecular complexity index is 483. The van der Waals surface area contributed by atoms with Crippen molar-refractivity contribution in [3.8, 4) is 6.07 Å². The molecule has 1 aliphatic carbocycles. The molecule has 2 nitrogen and oxygen atoms in total. The van der Waals surface area contributed by atoms with Gasteiger partial charge in [0.05, 0.1) is 9.77 Å². The van der Waals surface area contributed by atoms with E-state index in [-0.39, 0.29) is 0 Å². The second-order valence-corrected chi connectivity index (χ2v) is 5.67. The third-order valence-electron chi connectivity index (χ3n) is 2.74. The lowest BCUT2D eigenvalue weighted by molar-refractivity contribution is 0.677. The van der Waals surface area contributed by atoms with E-state index >= 15 is 0 Å². The first-order chi connectivity index (χ1) is 7.27. The lowest BCUT2D eigenvalue weighted by Gasteiger charge is -2.18. The average molecular weight is 236 g/mol. The van der Waals surface area contributed by atoms with Crippen LogP contribution in [0.2, 0.25) is 0 Å². The first-order valence-electron chi connectivity index (χ1n) is 4.95. The van der Waals surface area contributed by atoms with Crippen molar-refractivity contribution in [1.82, 2.24) is 0 Å². The normalized spacial score (nSPS) is 14.4. The number of fused-ring (bicyclic) bond motifs is 1. The minimum absolute atomic E-state index is 0.433. The van der Waals surface area contributed by atoms with Gasteiger partial charge >= 0.3 is 0 Å². The summed E-state index contributed by atoms with van der Waals surface area (Å²) in [4.78, 5) is 0. The van der Waals surface area contributed by atoms with Gasteiger partial charge in [-0.15, -0.1) is 23.1 Å². The molecule has 0 aromatic carbocycles. The Morgan fingerprint density at radius 1 is 1.33 bits per heavy atom. The van der Waals surface area contributed by atoms with E-state index in [2.05, 4.69) is 6.07 Å². The highest BCUT2D eigenvalue weighted by Gasteiger charge is 2.18. The summed E-state index contributed by atoms with van der Waals surface area (Å²) in [5, 5.41) is 16.9. The first kappa shape index (κ1) is 10.7. The Kier molecular flexibility index (Phi) is 3.13. The maximum atomic E-state index is 9.07. The number of nitrogens with zero attached hydrogens (tertiary/aromatic N) is 1. The van der Waals surface area contributed by atoms with Crippen LogP contribution >= 0.6 is 23.1 Å². The summed E-state index contributed by atoms with van der Waals surface area (Å²) in [5.74, 6) is 0. The van der Waals surface area contributed by atoms with Crippen LogP contribution in [0.5, 0.6) is 0 Å². The standard InChI is InChI=1S/C11H12N2S2/c1-14-11-8-5-3-2-4-7(8)9(6-12)10(13)15-11/h13H,2-5H2,1H3. The zero-order chi connectivity index (χ0) is 10.8. The van der Waals surface area contributed by atoms with Gasteiger partial charge in [-0.1, -0.05) is 0 Å². The topological polar surface area (TPSA) is 47.6 Å². The highest BCUT2D eigenvalue weighted by molar-refractivity contribution is 8.00. The quantitative estimate of drug-likeness (QED) is 0.762. The third kappa shape index (κ3) is 1.82. The molecule has 0 atom stereocenters. The smallest absolute Gasteiger partial charge is 0.126 e. The third-order valence-corrected chi connectivity index (χ3v) is 4.94. The summed E-state index contributed by atoms with van der Waals surface area (Å²) in [7, 11) is 0. The molecule has 0 spiro atoms. The average Bonchev–Trinajstić information content (AvgIpc) is 2.28. The van der Waals surface area contributed by atoms with Gasteiger partial charge in [-0.25, -0.2) is 0 Å². The van der Waals surface area contributed by atoms with Crippen LogP contribution in [0.25, 0.3) is 0 Å². The molecule has 1 aliphatic rings. The van der Waals surface area contributed by atoms with Crippen LogP contribution in [0.1, 0.15) is 29.5 Å². The van der Waals surface area contributed by atoms with Crippen molar-refractivity contribution < 1.29 is 0 Å². The fourth-order valence-corrected chi connectivity index (χ4v) is 3.89. The molecular formula is C11H12N2S2. The molecule has 0 saturated heterocycles. The highest BCUT2D eigenvalue weighted by Crippen LogP contribution is 2.32. The van der Waals surface area contributed by atoms with Crippen molar-refractivity contribution in [3.05, 3.63) is 21.4 Å². The van der Waals surface area contributed by atoms with Gasteiger partial charge in [-0.2, -0.15) is 5.26 Å². The summed E-state index contributed by atoms with van der Waals surface area (Å²) in [6.45, 7) is 0. The summed E-state index contributed by atoms with van der Waals surface area (Å²) in [5.41, 5.74) is 3.11. The predicted octanol–water partition coefficient (Wildman–Crippen LogP) is 2.70. The van der Waals surface area contributed by atoms with Gasteiger partial charge in [0, 0.05) is 0 Å². The number of hydrogen-bond acceptors (Lipinski definition) is 4. The molecule has 1 aromatic rings. The monoisotopic (exact) mass is 236 g/mol. The summed E-state index contributed by atoms with van der Waals surface area (Å²) in [6.07, 6.45) is 6.48. The van der Waals surface area contributed by atoms with Gasteiger partial charge in [-0.05, 0) is 43.1 Å². The van der Waals surface area contributed by atoms with Gasteiger partial charge in [0.1, 0.15) is 10.7 Å². The molecule has 1 heterocycles.